The second-order valence-electron chi connectivity index (χ2n) is 4.90. The van der Waals surface area contributed by atoms with Crippen LogP contribution in [0.5, 0.6) is 0 Å². The number of nitrogens with two attached hydrogens (primary N) is 1. The molecule has 0 unspecified atom stereocenters. The van der Waals surface area contributed by atoms with Crippen molar-refractivity contribution in [3.8, 4) is 6.07 Å². The third-order valence-corrected chi connectivity index (χ3v) is 3.91. The monoisotopic (exact) mass is 238 g/mol. The summed E-state index contributed by atoms with van der Waals surface area (Å²) in [6.45, 7) is 7.93. The van der Waals surface area contributed by atoms with Gasteiger partial charge in [0.2, 0.25) is 0 Å². The lowest BCUT2D eigenvalue weighted by Crippen LogP contribution is -2.22. The van der Waals surface area contributed by atoms with Crippen molar-refractivity contribution < 1.29 is 4.74 Å². The van der Waals surface area contributed by atoms with E-state index < -0.39 is 8.07 Å². The van der Waals surface area contributed by atoms with E-state index in [2.05, 4.69) is 24.7 Å². The number of nitriles is 1. The Balaban J connectivity index is 2.39. The first kappa shape index (κ1) is 12.7. The molecule has 88 valence electrons. The van der Waals surface area contributed by atoms with E-state index >= 15 is 0 Å². The third kappa shape index (κ3) is 3.68. The topological polar surface area (TPSA) is 76.9 Å². The summed E-state index contributed by atoms with van der Waals surface area (Å²) >= 11 is 0. The van der Waals surface area contributed by atoms with E-state index in [0.717, 1.165) is 12.7 Å². The molecule has 1 aromatic heterocycles. The summed E-state index contributed by atoms with van der Waals surface area (Å²) in [6, 6.07) is 3.08. The van der Waals surface area contributed by atoms with Crippen LogP contribution in [-0.2, 0) is 11.5 Å². The van der Waals surface area contributed by atoms with Gasteiger partial charge in [-0.3, -0.25) is 0 Å². The average Bonchev–Trinajstić information content (AvgIpc) is 2.53. The number of hydrogen-bond donors (Lipinski definition) is 1. The minimum atomic E-state index is -1.05. The number of nitrogen functional groups attached to an aromatic ring is 1. The van der Waals surface area contributed by atoms with Gasteiger partial charge in [0, 0.05) is 14.7 Å². The van der Waals surface area contributed by atoms with Crippen molar-refractivity contribution in [2.45, 2.75) is 32.4 Å². The Bertz CT molecular complexity index is 389. The average molecular weight is 238 g/mol. The highest BCUT2D eigenvalue weighted by atomic mass is 28.3. The van der Waals surface area contributed by atoms with E-state index in [-0.39, 0.29) is 0 Å². The van der Waals surface area contributed by atoms with Crippen molar-refractivity contribution in [3.63, 3.8) is 0 Å². The first-order valence-electron chi connectivity index (χ1n) is 5.23. The second kappa shape index (κ2) is 5.14. The van der Waals surface area contributed by atoms with Crippen LogP contribution in [0.25, 0.3) is 0 Å². The summed E-state index contributed by atoms with van der Waals surface area (Å²) in [6.07, 6.45) is 1.46. The van der Waals surface area contributed by atoms with Gasteiger partial charge in [-0.25, -0.2) is 4.68 Å². The molecule has 1 heterocycles. The summed E-state index contributed by atoms with van der Waals surface area (Å²) in [5.74, 6) is 0.371. The lowest BCUT2D eigenvalue weighted by Gasteiger charge is -2.15. The fraction of sp³-hybridized carbons (Fsp3) is 0.600. The number of nitrogens with zero attached hydrogens (tertiary/aromatic N) is 3. The van der Waals surface area contributed by atoms with Crippen molar-refractivity contribution in [3.05, 3.63) is 11.8 Å². The van der Waals surface area contributed by atoms with E-state index in [1.165, 1.54) is 10.9 Å². The molecule has 0 radical (unpaired) electrons. The molecule has 0 fully saturated rings. The van der Waals surface area contributed by atoms with Crippen LogP contribution in [0.15, 0.2) is 6.20 Å². The Kier molecular flexibility index (Phi) is 4.10. The first-order chi connectivity index (χ1) is 7.44. The van der Waals surface area contributed by atoms with Crippen molar-refractivity contribution in [1.82, 2.24) is 9.78 Å². The first-order valence-corrected chi connectivity index (χ1v) is 8.94. The molecule has 0 spiro atoms. The highest BCUT2D eigenvalue weighted by Gasteiger charge is 2.12. The van der Waals surface area contributed by atoms with Gasteiger partial charge in [0.1, 0.15) is 24.2 Å². The quantitative estimate of drug-likeness (QED) is 0.625. The van der Waals surface area contributed by atoms with E-state index in [0.29, 0.717) is 18.1 Å². The predicted molar refractivity (Wildman–Crippen MR) is 65.5 cm³/mol. The van der Waals surface area contributed by atoms with Crippen LogP contribution in [0.4, 0.5) is 5.82 Å². The van der Waals surface area contributed by atoms with Crippen molar-refractivity contribution in [2.75, 3.05) is 12.3 Å². The molecule has 0 aliphatic heterocycles. The molecule has 0 aromatic carbocycles. The van der Waals surface area contributed by atoms with Crippen LogP contribution >= 0.6 is 0 Å². The molecule has 5 nitrogen and oxygen atoms in total. The number of anilines is 1. The van der Waals surface area contributed by atoms with Gasteiger partial charge >= 0.3 is 0 Å². The summed E-state index contributed by atoms with van der Waals surface area (Å²) in [4.78, 5) is 0. The standard InChI is InChI=1S/C10H18N4OSi/c1-16(2,3)5-4-15-8-14-10(12)9(6-11)7-13-14/h7H,4-5,8,12H2,1-3H3. The second-order valence-corrected chi connectivity index (χ2v) is 10.5. The number of ether oxygens (including phenoxy) is 1. The van der Waals surface area contributed by atoms with E-state index in [9.17, 15) is 0 Å². The number of aromatic nitrogens is 2. The largest absolute Gasteiger partial charge is 0.383 e. The number of hydrogen-bond acceptors (Lipinski definition) is 4. The van der Waals surface area contributed by atoms with Gasteiger partial charge in [-0.15, -0.1) is 0 Å². The van der Waals surface area contributed by atoms with Crippen molar-refractivity contribution in [1.29, 1.82) is 5.26 Å². The van der Waals surface area contributed by atoms with E-state index in [1.54, 1.807) is 0 Å². The molecule has 1 aromatic rings. The van der Waals surface area contributed by atoms with Crippen molar-refractivity contribution >= 4 is 13.9 Å². The zero-order valence-corrected chi connectivity index (χ0v) is 11.0. The Morgan fingerprint density at radius 1 is 1.56 bits per heavy atom. The molecule has 0 atom stereocenters. The Hall–Kier alpha value is -1.32. The summed E-state index contributed by atoms with van der Waals surface area (Å²) < 4.78 is 6.98. The minimum absolute atomic E-state index is 0.317. The van der Waals surface area contributed by atoms with Crippen LogP contribution in [0.1, 0.15) is 5.56 Å². The fourth-order valence-corrected chi connectivity index (χ4v) is 1.87. The van der Waals surface area contributed by atoms with Gasteiger partial charge in [-0.05, 0) is 6.04 Å². The molecule has 0 aliphatic carbocycles. The van der Waals surface area contributed by atoms with E-state index in [1.807, 2.05) is 6.07 Å². The molecule has 0 saturated heterocycles. The highest BCUT2D eigenvalue weighted by Crippen LogP contribution is 2.10. The molecule has 0 amide bonds. The summed E-state index contributed by atoms with van der Waals surface area (Å²) in [7, 11) is -1.05. The maximum absolute atomic E-state index is 8.69. The molecule has 0 saturated carbocycles. The third-order valence-electron chi connectivity index (χ3n) is 2.21. The lowest BCUT2D eigenvalue weighted by atomic mass is 10.4. The SMILES string of the molecule is C[Si](C)(C)CCOCn1ncc(C#N)c1N. The minimum Gasteiger partial charge on any atom is -0.383 e. The van der Waals surface area contributed by atoms with Crippen LogP contribution in [0.2, 0.25) is 25.7 Å². The molecular weight excluding hydrogens is 220 g/mol. The Labute approximate surface area is 96.8 Å². The van der Waals surface area contributed by atoms with Gasteiger partial charge in [0.15, 0.2) is 0 Å². The van der Waals surface area contributed by atoms with Gasteiger partial charge in [0.25, 0.3) is 0 Å². The molecule has 6 heteroatoms. The van der Waals surface area contributed by atoms with Crippen LogP contribution in [0, 0.1) is 11.3 Å². The molecule has 1 rings (SSSR count). The molecule has 0 aliphatic rings. The Morgan fingerprint density at radius 3 is 2.75 bits per heavy atom. The molecular formula is C10H18N4OSi. The summed E-state index contributed by atoms with van der Waals surface area (Å²) in [5.41, 5.74) is 6.09. The molecule has 16 heavy (non-hydrogen) atoms. The van der Waals surface area contributed by atoms with Gasteiger partial charge < -0.3 is 10.5 Å². The van der Waals surface area contributed by atoms with Gasteiger partial charge in [0.05, 0.1) is 6.20 Å². The van der Waals surface area contributed by atoms with Gasteiger partial charge in [-0.1, -0.05) is 19.6 Å². The lowest BCUT2D eigenvalue weighted by molar-refractivity contribution is 0.0802. The maximum atomic E-state index is 8.69. The van der Waals surface area contributed by atoms with Crippen LogP contribution < -0.4 is 5.73 Å². The fourth-order valence-electron chi connectivity index (χ4n) is 1.11. The van der Waals surface area contributed by atoms with E-state index in [4.69, 9.17) is 15.7 Å². The summed E-state index contributed by atoms with van der Waals surface area (Å²) in [5, 5.41) is 12.7. The smallest absolute Gasteiger partial charge is 0.142 e. The van der Waals surface area contributed by atoms with Crippen LogP contribution in [0.3, 0.4) is 0 Å². The zero-order valence-electron chi connectivity index (χ0n) is 10.0. The van der Waals surface area contributed by atoms with Crippen molar-refractivity contribution in [2.24, 2.45) is 0 Å². The van der Waals surface area contributed by atoms with Crippen LogP contribution in [-0.4, -0.2) is 24.5 Å². The van der Waals surface area contributed by atoms with Gasteiger partial charge in [-0.2, -0.15) is 10.4 Å². The zero-order chi connectivity index (χ0) is 12.2. The maximum Gasteiger partial charge on any atom is 0.142 e. The Morgan fingerprint density at radius 2 is 2.25 bits per heavy atom. The highest BCUT2D eigenvalue weighted by molar-refractivity contribution is 6.76. The normalized spacial score (nSPS) is 11.4. The predicted octanol–water partition coefficient (Wildman–Crippen LogP) is 1.65. The number of rotatable bonds is 5. The molecule has 2 N–H and O–H groups in total. The molecule has 0 bridgehead atoms.